The molecule has 0 amide bonds. The molecule has 11 heteroatoms. The quantitative estimate of drug-likeness (QED) is 0.173. The molecule has 4 aromatic rings. The van der Waals surface area contributed by atoms with Crippen molar-refractivity contribution in [3.05, 3.63) is 105 Å². The van der Waals surface area contributed by atoms with Gasteiger partial charge in [0.2, 0.25) is 0 Å². The second-order valence-corrected chi connectivity index (χ2v) is 9.73. The van der Waals surface area contributed by atoms with Crippen molar-refractivity contribution in [2.45, 2.75) is 25.9 Å². The molecule has 5 rings (SSSR count). The molecule has 1 saturated heterocycles. The fourth-order valence-corrected chi connectivity index (χ4v) is 5.55. The first-order valence-corrected chi connectivity index (χ1v) is 12.5. The number of hydrogen-bond donors (Lipinski definition) is 2. The minimum Gasteiger partial charge on any atom is -0.506 e. The van der Waals surface area contributed by atoms with E-state index in [1.54, 1.807) is 30.5 Å². The average molecular weight is 550 g/mol. The molecule has 3 heterocycles. The molecule has 2 atom stereocenters. The third-order valence-corrected chi connectivity index (χ3v) is 7.25. The summed E-state index contributed by atoms with van der Waals surface area (Å²) >= 11 is 12.1. The zero-order valence-electron chi connectivity index (χ0n) is 20.8. The van der Waals surface area contributed by atoms with Crippen LogP contribution in [0.15, 0.2) is 66.9 Å². The highest BCUT2D eigenvalue weighted by Crippen LogP contribution is 2.47. The van der Waals surface area contributed by atoms with Crippen molar-refractivity contribution in [1.82, 2.24) is 14.9 Å². The number of thiocarbonyl (C=S) groups is 1. The van der Waals surface area contributed by atoms with Crippen LogP contribution in [0.3, 0.4) is 0 Å². The highest BCUT2D eigenvalue weighted by molar-refractivity contribution is 7.80. The minimum atomic E-state index is -0.445. The maximum Gasteiger partial charge on any atom is 0.296 e. The lowest BCUT2D eigenvalue weighted by Crippen LogP contribution is -2.29. The van der Waals surface area contributed by atoms with Crippen LogP contribution in [0.2, 0.25) is 5.02 Å². The molecular weight excluding hydrogens is 526 g/mol. The van der Waals surface area contributed by atoms with Crippen LogP contribution < -0.4 is 15.0 Å². The van der Waals surface area contributed by atoms with Gasteiger partial charge < -0.3 is 24.6 Å². The van der Waals surface area contributed by atoms with Gasteiger partial charge in [-0.05, 0) is 80.2 Å². The predicted molar refractivity (Wildman–Crippen MR) is 149 cm³/mol. The Hall–Kier alpha value is -4.15. The summed E-state index contributed by atoms with van der Waals surface area (Å²) in [4.78, 5) is 18.0. The summed E-state index contributed by atoms with van der Waals surface area (Å²) in [5.41, 5.74) is 3.96. The summed E-state index contributed by atoms with van der Waals surface area (Å²) in [6.45, 7) is 3.80. The van der Waals surface area contributed by atoms with Crippen molar-refractivity contribution >= 4 is 40.3 Å². The van der Waals surface area contributed by atoms with Crippen LogP contribution in [0, 0.1) is 24.0 Å². The first-order chi connectivity index (χ1) is 18.2. The number of aryl methyl sites for hydroxylation is 1. The van der Waals surface area contributed by atoms with Gasteiger partial charge in [-0.25, -0.2) is 0 Å². The number of nitrogens with one attached hydrogen (secondary N) is 1. The maximum absolute atomic E-state index is 12.0. The van der Waals surface area contributed by atoms with Crippen molar-refractivity contribution in [3.63, 3.8) is 0 Å². The number of nitro groups is 1. The molecule has 9 nitrogen and oxygen atoms in total. The van der Waals surface area contributed by atoms with Gasteiger partial charge in [0.1, 0.15) is 17.2 Å². The van der Waals surface area contributed by atoms with E-state index in [1.807, 2.05) is 47.6 Å². The van der Waals surface area contributed by atoms with Crippen LogP contribution in [0.25, 0.3) is 5.69 Å². The molecule has 38 heavy (non-hydrogen) atoms. The number of hydrogen-bond acceptors (Lipinski definition) is 6. The normalized spacial score (nSPS) is 16.9. The number of ether oxygens (including phenoxy) is 1. The number of methoxy groups -OCH3 is 1. The molecular formula is C27H24ClN5O4S. The van der Waals surface area contributed by atoms with E-state index in [-0.39, 0.29) is 17.5 Å². The highest BCUT2D eigenvalue weighted by Gasteiger charge is 2.43. The van der Waals surface area contributed by atoms with Crippen LogP contribution in [0.4, 0.5) is 11.4 Å². The molecule has 0 saturated carbocycles. The van der Waals surface area contributed by atoms with Gasteiger partial charge in [0, 0.05) is 22.6 Å². The van der Waals surface area contributed by atoms with E-state index >= 15 is 0 Å². The van der Waals surface area contributed by atoms with Gasteiger partial charge in [-0.15, -0.1) is 0 Å². The summed E-state index contributed by atoms with van der Waals surface area (Å²) in [5, 5.41) is 27.0. The maximum atomic E-state index is 12.0. The Kier molecular flexibility index (Phi) is 6.68. The Labute approximate surface area is 229 Å². The van der Waals surface area contributed by atoms with Crippen molar-refractivity contribution in [2.24, 2.45) is 0 Å². The van der Waals surface area contributed by atoms with E-state index in [0.717, 1.165) is 22.6 Å². The molecule has 0 radical (unpaired) electrons. The van der Waals surface area contributed by atoms with Gasteiger partial charge in [-0.1, -0.05) is 17.7 Å². The third-order valence-electron chi connectivity index (χ3n) is 6.70. The number of nitrogens with zero attached hydrogens (tertiary/aromatic N) is 4. The number of phenolic OH excluding ortho intramolecular Hbond substituents is 1. The van der Waals surface area contributed by atoms with Crippen molar-refractivity contribution in [3.8, 4) is 17.2 Å². The zero-order valence-corrected chi connectivity index (χ0v) is 22.3. The Balaban J connectivity index is 1.73. The van der Waals surface area contributed by atoms with E-state index < -0.39 is 11.0 Å². The van der Waals surface area contributed by atoms with Gasteiger partial charge in [-0.2, -0.15) is 0 Å². The molecule has 1 aliphatic rings. The number of phenols is 1. The monoisotopic (exact) mass is 549 g/mol. The van der Waals surface area contributed by atoms with E-state index in [1.165, 1.54) is 19.2 Å². The SMILES string of the molecule is COc1ccc(-n2c(C)cc([C@@H]3[C@@H](c4ccccn4)NC(=S)N3c3cc(Cl)ccc3O)c2C)c([N+](=O)[O-])c1. The molecule has 2 aromatic heterocycles. The summed E-state index contributed by atoms with van der Waals surface area (Å²) in [6, 6.07) is 16.4. The lowest BCUT2D eigenvalue weighted by Gasteiger charge is -2.28. The number of nitro benzene ring substituents is 1. The van der Waals surface area contributed by atoms with Crippen molar-refractivity contribution < 1.29 is 14.8 Å². The third kappa shape index (κ3) is 4.31. The van der Waals surface area contributed by atoms with E-state index in [0.29, 0.717) is 27.3 Å². The topological polar surface area (TPSA) is 106 Å². The molecule has 0 spiro atoms. The second-order valence-electron chi connectivity index (χ2n) is 8.90. The number of halogens is 1. The van der Waals surface area contributed by atoms with E-state index in [2.05, 4.69) is 10.3 Å². The average Bonchev–Trinajstić information content (AvgIpc) is 3.40. The van der Waals surface area contributed by atoms with Gasteiger partial charge in [0.05, 0.1) is 41.6 Å². The molecule has 0 aliphatic carbocycles. The predicted octanol–water partition coefficient (Wildman–Crippen LogP) is 5.94. The van der Waals surface area contributed by atoms with E-state index in [9.17, 15) is 15.2 Å². The molecule has 1 fully saturated rings. The molecule has 2 N–H and O–H groups in total. The molecule has 194 valence electrons. The standard InChI is InChI=1S/C27H24ClN5O4S/c1-15-12-19(16(2)31(15)21-9-8-18(37-3)14-22(21)33(35)36)26-25(20-6-4-5-11-29-20)30-27(38)32(26)23-13-17(28)7-10-24(23)34/h4-14,25-26,34H,1-3H3,(H,30,38)/t25-,26-/m1/s1. The molecule has 1 aliphatic heterocycles. The summed E-state index contributed by atoms with van der Waals surface area (Å²) in [7, 11) is 1.47. The summed E-state index contributed by atoms with van der Waals surface area (Å²) in [6.07, 6.45) is 1.71. The van der Waals surface area contributed by atoms with Gasteiger partial charge in [0.25, 0.3) is 5.69 Å². The molecule has 2 aromatic carbocycles. The largest absolute Gasteiger partial charge is 0.506 e. The summed E-state index contributed by atoms with van der Waals surface area (Å²) < 4.78 is 7.06. The van der Waals surface area contributed by atoms with Crippen LogP contribution in [0.1, 0.15) is 34.7 Å². The number of rotatable bonds is 6. The van der Waals surface area contributed by atoms with Gasteiger partial charge >= 0.3 is 0 Å². The zero-order chi connectivity index (χ0) is 27.1. The van der Waals surface area contributed by atoms with Crippen molar-refractivity contribution in [2.75, 3.05) is 12.0 Å². The Morgan fingerprint density at radius 1 is 1.13 bits per heavy atom. The van der Waals surface area contributed by atoms with Crippen LogP contribution in [-0.4, -0.2) is 31.8 Å². The second kappa shape index (κ2) is 9.96. The number of aromatic nitrogens is 2. The smallest absolute Gasteiger partial charge is 0.296 e. The number of anilines is 1. The van der Waals surface area contributed by atoms with Crippen molar-refractivity contribution in [1.29, 1.82) is 0 Å². The Morgan fingerprint density at radius 2 is 1.92 bits per heavy atom. The van der Waals surface area contributed by atoms with Crippen LogP contribution in [-0.2, 0) is 0 Å². The summed E-state index contributed by atoms with van der Waals surface area (Å²) in [5.74, 6) is 0.413. The number of pyridine rings is 1. The van der Waals surface area contributed by atoms with Crippen LogP contribution in [0.5, 0.6) is 11.5 Å². The van der Waals surface area contributed by atoms with Crippen LogP contribution >= 0.6 is 23.8 Å². The van der Waals surface area contributed by atoms with Gasteiger partial charge in [-0.3, -0.25) is 15.1 Å². The Morgan fingerprint density at radius 3 is 2.61 bits per heavy atom. The number of benzene rings is 2. The molecule has 0 bridgehead atoms. The molecule has 0 unspecified atom stereocenters. The first-order valence-electron chi connectivity index (χ1n) is 11.7. The fourth-order valence-electron chi connectivity index (χ4n) is 5.04. The first kappa shape index (κ1) is 25.5. The lowest BCUT2D eigenvalue weighted by molar-refractivity contribution is -0.384. The minimum absolute atomic E-state index is 0.0184. The van der Waals surface area contributed by atoms with E-state index in [4.69, 9.17) is 28.6 Å². The lowest BCUT2D eigenvalue weighted by atomic mass is 9.96. The van der Waals surface area contributed by atoms with Gasteiger partial charge in [0.15, 0.2) is 5.11 Å². The number of aromatic hydroxyl groups is 1. The fraction of sp³-hybridized carbons (Fsp3) is 0.185. The Bertz CT molecular complexity index is 1560. The highest BCUT2D eigenvalue weighted by atomic mass is 35.5.